The van der Waals surface area contributed by atoms with E-state index in [9.17, 15) is 4.79 Å². The van der Waals surface area contributed by atoms with Gasteiger partial charge >= 0.3 is 0 Å². The molecule has 110 valence electrons. The summed E-state index contributed by atoms with van der Waals surface area (Å²) in [5.74, 6) is -0.0534. The van der Waals surface area contributed by atoms with Crippen LogP contribution in [0.1, 0.15) is 41.4 Å². The third kappa shape index (κ3) is 3.63. The number of hydrogen-bond donors (Lipinski definition) is 2. The van der Waals surface area contributed by atoms with Crippen molar-refractivity contribution >= 4 is 11.6 Å². The molecule has 0 aliphatic rings. The molecule has 1 amide bonds. The van der Waals surface area contributed by atoms with Crippen molar-refractivity contribution in [2.24, 2.45) is 0 Å². The number of anilines is 1. The summed E-state index contributed by atoms with van der Waals surface area (Å²) in [6, 6.07) is 15.7. The Balaban J connectivity index is 2.17. The summed E-state index contributed by atoms with van der Waals surface area (Å²) in [5, 5.41) is 6.29. The molecule has 0 saturated heterocycles. The highest BCUT2D eigenvalue weighted by molar-refractivity contribution is 5.99. The molecule has 2 aromatic carbocycles. The Bertz CT molecular complexity index is 622. The van der Waals surface area contributed by atoms with E-state index in [2.05, 4.69) is 29.7 Å². The minimum Gasteiger partial charge on any atom is -0.385 e. The van der Waals surface area contributed by atoms with Gasteiger partial charge < -0.3 is 10.6 Å². The number of aryl methyl sites for hydroxylation is 1. The summed E-state index contributed by atoms with van der Waals surface area (Å²) in [5.41, 5.74) is 3.88. The molecule has 3 heteroatoms. The second kappa shape index (κ2) is 6.93. The quantitative estimate of drug-likeness (QED) is 0.872. The Morgan fingerprint density at radius 1 is 1.10 bits per heavy atom. The lowest BCUT2D eigenvalue weighted by Gasteiger charge is -2.18. The van der Waals surface area contributed by atoms with E-state index >= 15 is 0 Å². The monoisotopic (exact) mass is 282 g/mol. The van der Waals surface area contributed by atoms with Crippen LogP contribution >= 0.6 is 0 Å². The van der Waals surface area contributed by atoms with E-state index in [1.807, 2.05) is 50.2 Å². The first-order valence-electron chi connectivity index (χ1n) is 7.32. The Hall–Kier alpha value is -2.29. The molecule has 0 aromatic heterocycles. The normalized spacial score (nSPS) is 11.8. The van der Waals surface area contributed by atoms with Gasteiger partial charge in [0.15, 0.2) is 0 Å². The Labute approximate surface area is 126 Å². The fraction of sp³-hybridized carbons (Fsp3) is 0.278. The standard InChI is InChI=1S/C18H22N2O/c1-4-19-17-12-8-7-11-16(17)18(21)20-14(3)15-10-6-5-9-13(15)2/h5-12,14,19H,4H2,1-3H3,(H,20,21)/t14-/m0/s1. The minimum atomic E-state index is -0.0534. The molecular formula is C18H22N2O. The fourth-order valence-corrected chi connectivity index (χ4v) is 2.45. The number of rotatable bonds is 5. The van der Waals surface area contributed by atoms with Crippen LogP contribution in [0.3, 0.4) is 0 Å². The van der Waals surface area contributed by atoms with E-state index in [4.69, 9.17) is 0 Å². The zero-order valence-corrected chi connectivity index (χ0v) is 12.8. The molecule has 2 N–H and O–H groups in total. The lowest BCUT2D eigenvalue weighted by atomic mass is 10.0. The van der Waals surface area contributed by atoms with Gasteiger partial charge in [-0.15, -0.1) is 0 Å². The predicted octanol–water partition coefficient (Wildman–Crippen LogP) is 3.92. The van der Waals surface area contributed by atoms with Crippen LogP contribution < -0.4 is 10.6 Å². The van der Waals surface area contributed by atoms with Gasteiger partial charge in [-0.2, -0.15) is 0 Å². The molecule has 0 aliphatic heterocycles. The lowest BCUT2D eigenvalue weighted by Crippen LogP contribution is -2.27. The zero-order valence-electron chi connectivity index (χ0n) is 12.8. The van der Waals surface area contributed by atoms with Crippen LogP contribution in [-0.2, 0) is 0 Å². The molecule has 0 radical (unpaired) electrons. The number of hydrogen-bond acceptors (Lipinski definition) is 2. The van der Waals surface area contributed by atoms with Crippen LogP contribution in [0.25, 0.3) is 0 Å². The molecule has 2 aromatic rings. The first-order chi connectivity index (χ1) is 10.1. The third-order valence-corrected chi connectivity index (χ3v) is 3.54. The highest BCUT2D eigenvalue weighted by Gasteiger charge is 2.15. The SMILES string of the molecule is CCNc1ccccc1C(=O)N[C@@H](C)c1ccccc1C. The molecule has 2 rings (SSSR count). The number of amides is 1. The van der Waals surface area contributed by atoms with Gasteiger partial charge in [-0.1, -0.05) is 36.4 Å². The number of para-hydroxylation sites is 1. The van der Waals surface area contributed by atoms with Crippen LogP contribution in [0.2, 0.25) is 0 Å². The summed E-state index contributed by atoms with van der Waals surface area (Å²) in [7, 11) is 0. The molecule has 0 bridgehead atoms. The van der Waals surface area contributed by atoms with Gasteiger partial charge in [0.25, 0.3) is 5.91 Å². The van der Waals surface area contributed by atoms with Crippen molar-refractivity contribution in [3.63, 3.8) is 0 Å². The van der Waals surface area contributed by atoms with Crippen molar-refractivity contribution in [3.8, 4) is 0 Å². The maximum atomic E-state index is 12.5. The summed E-state index contributed by atoms with van der Waals surface area (Å²) in [6.07, 6.45) is 0. The Morgan fingerprint density at radius 2 is 1.76 bits per heavy atom. The fourth-order valence-electron chi connectivity index (χ4n) is 2.45. The highest BCUT2D eigenvalue weighted by Crippen LogP contribution is 2.19. The first-order valence-corrected chi connectivity index (χ1v) is 7.32. The van der Waals surface area contributed by atoms with E-state index in [-0.39, 0.29) is 11.9 Å². The van der Waals surface area contributed by atoms with E-state index < -0.39 is 0 Å². The summed E-state index contributed by atoms with van der Waals surface area (Å²) in [4.78, 5) is 12.5. The second-order valence-corrected chi connectivity index (χ2v) is 5.13. The summed E-state index contributed by atoms with van der Waals surface area (Å²) in [6.45, 7) is 6.88. The molecule has 0 unspecified atom stereocenters. The van der Waals surface area contributed by atoms with Gasteiger partial charge in [-0.3, -0.25) is 4.79 Å². The van der Waals surface area contributed by atoms with Crippen molar-refractivity contribution in [1.82, 2.24) is 5.32 Å². The molecule has 0 spiro atoms. The average Bonchev–Trinajstić information content (AvgIpc) is 2.48. The van der Waals surface area contributed by atoms with Crippen LogP contribution in [0.15, 0.2) is 48.5 Å². The molecule has 0 saturated carbocycles. The number of benzene rings is 2. The van der Waals surface area contributed by atoms with Crippen molar-refractivity contribution in [3.05, 3.63) is 65.2 Å². The number of nitrogens with one attached hydrogen (secondary N) is 2. The van der Waals surface area contributed by atoms with E-state index in [0.29, 0.717) is 5.56 Å². The van der Waals surface area contributed by atoms with E-state index in [1.165, 1.54) is 5.56 Å². The number of carbonyl (C=O) groups is 1. The van der Waals surface area contributed by atoms with Gasteiger partial charge in [-0.05, 0) is 44.0 Å². The van der Waals surface area contributed by atoms with Crippen molar-refractivity contribution in [2.75, 3.05) is 11.9 Å². The second-order valence-electron chi connectivity index (χ2n) is 5.13. The van der Waals surface area contributed by atoms with Crippen LogP contribution in [0.4, 0.5) is 5.69 Å². The van der Waals surface area contributed by atoms with Gasteiger partial charge in [0.1, 0.15) is 0 Å². The maximum Gasteiger partial charge on any atom is 0.253 e. The van der Waals surface area contributed by atoms with E-state index in [0.717, 1.165) is 17.8 Å². The van der Waals surface area contributed by atoms with Crippen LogP contribution in [-0.4, -0.2) is 12.5 Å². The molecule has 0 aliphatic carbocycles. The maximum absolute atomic E-state index is 12.5. The molecule has 0 heterocycles. The molecule has 21 heavy (non-hydrogen) atoms. The largest absolute Gasteiger partial charge is 0.385 e. The minimum absolute atomic E-state index is 0.0200. The third-order valence-electron chi connectivity index (χ3n) is 3.54. The smallest absolute Gasteiger partial charge is 0.253 e. The number of carbonyl (C=O) groups excluding carboxylic acids is 1. The molecule has 3 nitrogen and oxygen atoms in total. The highest BCUT2D eigenvalue weighted by atomic mass is 16.1. The van der Waals surface area contributed by atoms with Crippen molar-refractivity contribution in [1.29, 1.82) is 0 Å². The Morgan fingerprint density at radius 3 is 2.48 bits per heavy atom. The average molecular weight is 282 g/mol. The van der Waals surface area contributed by atoms with Crippen molar-refractivity contribution in [2.45, 2.75) is 26.8 Å². The van der Waals surface area contributed by atoms with Gasteiger partial charge in [-0.25, -0.2) is 0 Å². The Kier molecular flexibility index (Phi) is 4.99. The first kappa shape index (κ1) is 15.1. The van der Waals surface area contributed by atoms with Gasteiger partial charge in [0.05, 0.1) is 11.6 Å². The van der Waals surface area contributed by atoms with Gasteiger partial charge in [0.2, 0.25) is 0 Å². The molecule has 0 fully saturated rings. The van der Waals surface area contributed by atoms with Gasteiger partial charge in [0, 0.05) is 12.2 Å². The summed E-state index contributed by atoms with van der Waals surface area (Å²) < 4.78 is 0. The lowest BCUT2D eigenvalue weighted by molar-refractivity contribution is 0.0940. The molecular weight excluding hydrogens is 260 g/mol. The predicted molar refractivity (Wildman–Crippen MR) is 87.7 cm³/mol. The molecule has 1 atom stereocenters. The summed E-state index contributed by atoms with van der Waals surface area (Å²) >= 11 is 0. The van der Waals surface area contributed by atoms with E-state index in [1.54, 1.807) is 0 Å². The van der Waals surface area contributed by atoms with Crippen LogP contribution in [0, 0.1) is 6.92 Å². The topological polar surface area (TPSA) is 41.1 Å². The van der Waals surface area contributed by atoms with Crippen LogP contribution in [0.5, 0.6) is 0 Å². The van der Waals surface area contributed by atoms with Crippen molar-refractivity contribution < 1.29 is 4.79 Å². The zero-order chi connectivity index (χ0) is 15.2.